The van der Waals surface area contributed by atoms with Crippen molar-refractivity contribution in [1.29, 1.82) is 0 Å². The van der Waals surface area contributed by atoms with Crippen LogP contribution in [-0.2, 0) is 16.1 Å². The van der Waals surface area contributed by atoms with Gasteiger partial charge in [-0.3, -0.25) is 9.48 Å². The molecule has 0 atom stereocenters. The van der Waals surface area contributed by atoms with E-state index in [2.05, 4.69) is 10.4 Å². The third kappa shape index (κ3) is 3.51. The number of nitrogens with two attached hydrogens (primary N) is 1. The fourth-order valence-electron chi connectivity index (χ4n) is 1.13. The van der Waals surface area contributed by atoms with Gasteiger partial charge < -0.3 is 15.8 Å². The first-order chi connectivity index (χ1) is 8.37. The predicted molar refractivity (Wildman–Crippen MR) is 73.3 cm³/mol. The van der Waals surface area contributed by atoms with Crippen LogP contribution in [0.5, 0.6) is 0 Å². The Kier molecular flexibility index (Phi) is 4.80. The van der Waals surface area contributed by atoms with Crippen LogP contribution in [-0.4, -0.2) is 34.4 Å². The molecule has 0 aliphatic rings. The lowest BCUT2D eigenvalue weighted by Gasteiger charge is -2.21. The quantitative estimate of drug-likeness (QED) is 0.746. The van der Waals surface area contributed by atoms with E-state index in [1.54, 1.807) is 38.0 Å². The van der Waals surface area contributed by atoms with Gasteiger partial charge in [-0.05, 0) is 13.8 Å². The van der Waals surface area contributed by atoms with Gasteiger partial charge in [-0.2, -0.15) is 5.10 Å². The minimum absolute atomic E-state index is 0.159. The number of anilines is 1. The number of rotatable bonds is 6. The molecule has 7 heteroatoms. The van der Waals surface area contributed by atoms with E-state index in [-0.39, 0.29) is 10.9 Å². The van der Waals surface area contributed by atoms with Crippen molar-refractivity contribution in [3.05, 3.63) is 12.4 Å². The molecule has 0 unspecified atom stereocenters. The molecule has 1 aromatic rings. The van der Waals surface area contributed by atoms with Gasteiger partial charge in [-0.15, -0.1) is 0 Å². The van der Waals surface area contributed by atoms with E-state index < -0.39 is 5.41 Å². The number of carbonyl (C=O) groups excluding carboxylic acids is 1. The lowest BCUT2D eigenvalue weighted by molar-refractivity contribution is -0.121. The van der Waals surface area contributed by atoms with Gasteiger partial charge in [0.1, 0.15) is 0 Å². The van der Waals surface area contributed by atoms with Crippen molar-refractivity contribution in [2.45, 2.75) is 20.4 Å². The summed E-state index contributed by atoms with van der Waals surface area (Å²) in [6.45, 7) is 4.55. The molecule has 0 saturated heterocycles. The van der Waals surface area contributed by atoms with Crippen molar-refractivity contribution in [2.75, 3.05) is 19.0 Å². The first-order valence-corrected chi connectivity index (χ1v) is 5.91. The normalized spacial score (nSPS) is 11.3. The maximum Gasteiger partial charge on any atom is 0.236 e. The van der Waals surface area contributed by atoms with Gasteiger partial charge in [0.05, 0.1) is 35.4 Å². The number of methoxy groups -OCH3 is 1. The van der Waals surface area contributed by atoms with E-state index in [0.717, 1.165) is 0 Å². The minimum atomic E-state index is -0.885. The van der Waals surface area contributed by atoms with Crippen LogP contribution in [0.4, 0.5) is 5.69 Å². The van der Waals surface area contributed by atoms with Crippen molar-refractivity contribution in [2.24, 2.45) is 11.1 Å². The van der Waals surface area contributed by atoms with Crippen LogP contribution in [0.3, 0.4) is 0 Å². The molecule has 100 valence electrons. The Hall–Kier alpha value is -1.47. The molecule has 0 saturated carbocycles. The lowest BCUT2D eigenvalue weighted by atomic mass is 9.92. The number of hydrogen-bond acceptors (Lipinski definition) is 4. The molecule has 0 aliphatic carbocycles. The molecule has 1 heterocycles. The van der Waals surface area contributed by atoms with Crippen LogP contribution in [0.15, 0.2) is 12.4 Å². The molecule has 1 aromatic heterocycles. The van der Waals surface area contributed by atoms with Crippen LogP contribution in [0, 0.1) is 5.41 Å². The summed E-state index contributed by atoms with van der Waals surface area (Å²) in [7, 11) is 1.62. The summed E-state index contributed by atoms with van der Waals surface area (Å²) in [6.07, 6.45) is 3.30. The summed E-state index contributed by atoms with van der Waals surface area (Å²) in [5.41, 5.74) is 5.26. The van der Waals surface area contributed by atoms with Crippen LogP contribution in [0.1, 0.15) is 13.8 Å². The number of ether oxygens (including phenoxy) is 1. The molecule has 18 heavy (non-hydrogen) atoms. The molecule has 0 radical (unpaired) electrons. The highest BCUT2D eigenvalue weighted by Gasteiger charge is 2.31. The summed E-state index contributed by atoms with van der Waals surface area (Å²) in [5.74, 6) is -0.249. The molecular formula is C11H18N4O2S. The van der Waals surface area contributed by atoms with Crippen molar-refractivity contribution in [3.8, 4) is 0 Å². The fourth-order valence-corrected chi connectivity index (χ4v) is 1.23. The van der Waals surface area contributed by atoms with Crippen molar-refractivity contribution in [1.82, 2.24) is 9.78 Å². The lowest BCUT2D eigenvalue weighted by Crippen LogP contribution is -2.41. The zero-order valence-electron chi connectivity index (χ0n) is 10.8. The maximum atomic E-state index is 12.0. The molecule has 0 aromatic carbocycles. The average molecular weight is 270 g/mol. The minimum Gasteiger partial charge on any atom is -0.392 e. The van der Waals surface area contributed by atoms with Crippen molar-refractivity contribution < 1.29 is 9.53 Å². The van der Waals surface area contributed by atoms with Crippen LogP contribution in [0.25, 0.3) is 0 Å². The predicted octanol–water partition coefficient (Wildman–Crippen LogP) is 0.780. The summed E-state index contributed by atoms with van der Waals surface area (Å²) in [6, 6.07) is 0. The Morgan fingerprint density at radius 2 is 2.33 bits per heavy atom. The number of nitrogens with one attached hydrogen (secondary N) is 1. The number of aromatic nitrogens is 2. The van der Waals surface area contributed by atoms with E-state index in [1.165, 1.54) is 0 Å². The summed E-state index contributed by atoms with van der Waals surface area (Å²) in [4.78, 5) is 12.1. The van der Waals surface area contributed by atoms with Crippen LogP contribution < -0.4 is 11.1 Å². The van der Waals surface area contributed by atoms with Crippen LogP contribution >= 0.6 is 12.2 Å². The first kappa shape index (κ1) is 14.6. The number of nitrogens with zero attached hydrogens (tertiary/aromatic N) is 2. The smallest absolute Gasteiger partial charge is 0.236 e. The molecule has 1 amide bonds. The third-order valence-corrected chi connectivity index (χ3v) is 3.11. The molecule has 0 fully saturated rings. The third-order valence-electron chi connectivity index (χ3n) is 2.60. The molecule has 0 spiro atoms. The monoisotopic (exact) mass is 270 g/mol. The van der Waals surface area contributed by atoms with Gasteiger partial charge in [-0.25, -0.2) is 0 Å². The van der Waals surface area contributed by atoms with Crippen LogP contribution in [0.2, 0.25) is 0 Å². The molecule has 3 N–H and O–H groups in total. The molecule has 1 rings (SSSR count). The van der Waals surface area contributed by atoms with Crippen molar-refractivity contribution in [3.63, 3.8) is 0 Å². The van der Waals surface area contributed by atoms with Gasteiger partial charge in [0.25, 0.3) is 0 Å². The summed E-state index contributed by atoms with van der Waals surface area (Å²) < 4.78 is 6.63. The Balaban J connectivity index is 2.65. The highest BCUT2D eigenvalue weighted by atomic mass is 32.1. The zero-order valence-corrected chi connectivity index (χ0v) is 11.6. The number of carbonyl (C=O) groups is 1. The van der Waals surface area contributed by atoms with Gasteiger partial charge >= 0.3 is 0 Å². The maximum absolute atomic E-state index is 12.0. The second-order valence-electron chi connectivity index (χ2n) is 4.43. The average Bonchev–Trinajstić information content (AvgIpc) is 2.73. The van der Waals surface area contributed by atoms with E-state index in [4.69, 9.17) is 22.7 Å². The highest BCUT2D eigenvalue weighted by molar-refractivity contribution is 7.80. The largest absolute Gasteiger partial charge is 0.392 e. The van der Waals surface area contributed by atoms with Gasteiger partial charge in [0.15, 0.2) is 0 Å². The molecular weight excluding hydrogens is 252 g/mol. The Morgan fingerprint density at radius 3 is 2.89 bits per heavy atom. The standard InChI is InChI=1S/C11H18N4O2S/c1-11(2,9(12)18)10(16)14-8-6-13-15(7-8)4-5-17-3/h6-7H,4-5H2,1-3H3,(H2,12,18)(H,14,16). The summed E-state index contributed by atoms with van der Waals surface area (Å²) >= 11 is 4.87. The number of thiocarbonyl (C=S) groups is 1. The van der Waals surface area contributed by atoms with Gasteiger partial charge in [0.2, 0.25) is 5.91 Å². The Morgan fingerprint density at radius 1 is 1.67 bits per heavy atom. The SMILES string of the molecule is COCCn1cc(NC(=O)C(C)(C)C(N)=S)cn1. The van der Waals surface area contributed by atoms with Gasteiger partial charge in [0, 0.05) is 13.3 Å². The van der Waals surface area contributed by atoms with E-state index >= 15 is 0 Å². The zero-order chi connectivity index (χ0) is 13.8. The number of amides is 1. The molecule has 0 bridgehead atoms. The van der Waals surface area contributed by atoms with E-state index in [0.29, 0.717) is 18.8 Å². The molecule has 0 aliphatic heterocycles. The van der Waals surface area contributed by atoms with E-state index in [1.807, 2.05) is 0 Å². The number of hydrogen-bond donors (Lipinski definition) is 2. The van der Waals surface area contributed by atoms with Crippen molar-refractivity contribution >= 4 is 28.8 Å². The molecule has 6 nitrogen and oxygen atoms in total. The fraction of sp³-hybridized carbons (Fsp3) is 0.545. The highest BCUT2D eigenvalue weighted by Crippen LogP contribution is 2.18. The second-order valence-corrected chi connectivity index (χ2v) is 4.87. The Bertz CT molecular complexity index is 442. The Labute approximate surface area is 111 Å². The second kappa shape index (κ2) is 5.92. The topological polar surface area (TPSA) is 82.2 Å². The van der Waals surface area contributed by atoms with Gasteiger partial charge in [-0.1, -0.05) is 12.2 Å². The first-order valence-electron chi connectivity index (χ1n) is 5.50. The van der Waals surface area contributed by atoms with E-state index in [9.17, 15) is 4.79 Å². The summed E-state index contributed by atoms with van der Waals surface area (Å²) in [5, 5.41) is 6.82.